The number of hydrogen-bond acceptors (Lipinski definition) is 3. The molecule has 1 aromatic rings. The van der Waals surface area contributed by atoms with Crippen LogP contribution in [0.2, 0.25) is 0 Å². The lowest BCUT2D eigenvalue weighted by Crippen LogP contribution is -2.55. The van der Waals surface area contributed by atoms with E-state index in [1.807, 2.05) is 0 Å². The Bertz CT molecular complexity index is 682. The zero-order valence-electron chi connectivity index (χ0n) is 14.0. The summed E-state index contributed by atoms with van der Waals surface area (Å²) >= 11 is 0. The van der Waals surface area contributed by atoms with E-state index in [2.05, 4.69) is 0 Å². The van der Waals surface area contributed by atoms with Crippen LogP contribution in [0.15, 0.2) is 18.2 Å². The summed E-state index contributed by atoms with van der Waals surface area (Å²) in [5, 5.41) is 9.13. The Balaban J connectivity index is 1.77. The van der Waals surface area contributed by atoms with Gasteiger partial charge in [0.1, 0.15) is 11.6 Å². The monoisotopic (exact) mass is 352 g/mol. The zero-order valence-corrected chi connectivity index (χ0v) is 14.0. The SMILES string of the molecule is O=C1CC[C@]2(CCCN(C(=O)c3cc(F)ccc3F)C2)CN1CCO. The highest BCUT2D eigenvalue weighted by molar-refractivity contribution is 5.94. The normalized spacial score (nSPS) is 24.0. The van der Waals surface area contributed by atoms with Crippen LogP contribution in [0.1, 0.15) is 36.0 Å². The number of carbonyl (C=O) groups is 2. The van der Waals surface area contributed by atoms with Gasteiger partial charge in [0, 0.05) is 38.0 Å². The van der Waals surface area contributed by atoms with Crippen LogP contribution in [0.25, 0.3) is 0 Å². The molecule has 0 saturated carbocycles. The van der Waals surface area contributed by atoms with E-state index in [1.165, 1.54) is 0 Å². The molecule has 1 aromatic carbocycles. The van der Waals surface area contributed by atoms with Crippen molar-refractivity contribution in [2.75, 3.05) is 32.8 Å². The number of amides is 2. The third-order valence-electron chi connectivity index (χ3n) is 5.23. The Morgan fingerprint density at radius 2 is 2.04 bits per heavy atom. The molecule has 1 spiro atoms. The van der Waals surface area contributed by atoms with Gasteiger partial charge in [-0.2, -0.15) is 0 Å². The number of piperidine rings is 2. The molecule has 2 heterocycles. The van der Waals surface area contributed by atoms with Gasteiger partial charge in [-0.15, -0.1) is 0 Å². The zero-order chi connectivity index (χ0) is 18.0. The van der Waals surface area contributed by atoms with Crippen LogP contribution in [0.4, 0.5) is 8.78 Å². The summed E-state index contributed by atoms with van der Waals surface area (Å²) in [5.41, 5.74) is -0.489. The number of aliphatic hydroxyl groups excluding tert-OH is 1. The Kier molecular flexibility index (Phi) is 5.03. The summed E-state index contributed by atoms with van der Waals surface area (Å²) in [5.74, 6) is -1.87. The first kappa shape index (κ1) is 17.8. The van der Waals surface area contributed by atoms with E-state index in [1.54, 1.807) is 9.80 Å². The van der Waals surface area contributed by atoms with Crippen molar-refractivity contribution in [2.45, 2.75) is 25.7 Å². The van der Waals surface area contributed by atoms with Gasteiger partial charge in [0.2, 0.25) is 5.91 Å². The predicted octanol–water partition coefficient (Wildman–Crippen LogP) is 1.80. The summed E-state index contributed by atoms with van der Waals surface area (Å²) in [6.07, 6.45) is 2.68. The van der Waals surface area contributed by atoms with E-state index in [4.69, 9.17) is 5.11 Å². The van der Waals surface area contributed by atoms with Crippen molar-refractivity contribution in [1.82, 2.24) is 9.80 Å². The minimum absolute atomic E-state index is 0.0132. The number of halogens is 2. The average molecular weight is 352 g/mol. The number of nitrogens with zero attached hydrogens (tertiary/aromatic N) is 2. The molecule has 2 aliphatic heterocycles. The maximum Gasteiger partial charge on any atom is 0.256 e. The topological polar surface area (TPSA) is 60.9 Å². The van der Waals surface area contributed by atoms with Crippen molar-refractivity contribution in [3.8, 4) is 0 Å². The fraction of sp³-hybridized carbons (Fsp3) is 0.556. The molecule has 3 rings (SSSR count). The number of carbonyl (C=O) groups excluding carboxylic acids is 2. The van der Waals surface area contributed by atoms with Crippen LogP contribution in [0.3, 0.4) is 0 Å². The van der Waals surface area contributed by atoms with E-state index in [0.717, 1.165) is 31.0 Å². The summed E-state index contributed by atoms with van der Waals surface area (Å²) in [6, 6.07) is 2.88. The van der Waals surface area contributed by atoms with Crippen molar-refractivity contribution in [3.63, 3.8) is 0 Å². The molecular weight excluding hydrogens is 330 g/mol. The van der Waals surface area contributed by atoms with Crippen LogP contribution < -0.4 is 0 Å². The summed E-state index contributed by atoms with van der Waals surface area (Å²) in [6.45, 7) is 1.58. The molecule has 2 amide bonds. The van der Waals surface area contributed by atoms with Crippen LogP contribution in [-0.2, 0) is 4.79 Å². The van der Waals surface area contributed by atoms with Crippen molar-refractivity contribution in [1.29, 1.82) is 0 Å². The molecule has 2 aliphatic rings. The average Bonchev–Trinajstić information content (AvgIpc) is 2.60. The molecule has 5 nitrogen and oxygen atoms in total. The van der Waals surface area contributed by atoms with Crippen molar-refractivity contribution < 1.29 is 23.5 Å². The minimum Gasteiger partial charge on any atom is -0.395 e. The van der Waals surface area contributed by atoms with Crippen LogP contribution in [-0.4, -0.2) is 59.5 Å². The maximum absolute atomic E-state index is 13.9. The van der Waals surface area contributed by atoms with Gasteiger partial charge in [0.25, 0.3) is 5.91 Å². The third-order valence-corrected chi connectivity index (χ3v) is 5.23. The lowest BCUT2D eigenvalue weighted by molar-refractivity contribution is -0.139. The van der Waals surface area contributed by atoms with Crippen LogP contribution >= 0.6 is 0 Å². The number of β-amino-alcohol motifs (C(OH)–C–C–N with tert-alkyl or cyclic N) is 1. The second kappa shape index (κ2) is 7.07. The molecule has 0 bridgehead atoms. The molecule has 2 fully saturated rings. The molecule has 25 heavy (non-hydrogen) atoms. The molecule has 2 saturated heterocycles. The minimum atomic E-state index is -0.730. The molecule has 1 atom stereocenters. The van der Waals surface area contributed by atoms with Crippen LogP contribution in [0, 0.1) is 17.0 Å². The Labute approximate surface area is 145 Å². The third kappa shape index (κ3) is 3.66. The van der Waals surface area contributed by atoms with Gasteiger partial charge in [-0.05, 0) is 37.5 Å². The fourth-order valence-corrected chi connectivity index (χ4v) is 3.97. The highest BCUT2D eigenvalue weighted by atomic mass is 19.1. The van der Waals surface area contributed by atoms with Crippen LogP contribution in [0.5, 0.6) is 0 Å². The summed E-state index contributed by atoms with van der Waals surface area (Å²) in [4.78, 5) is 27.8. The molecule has 0 aromatic heterocycles. The molecule has 7 heteroatoms. The number of aliphatic hydroxyl groups is 1. The Hall–Kier alpha value is -2.02. The van der Waals surface area contributed by atoms with Gasteiger partial charge >= 0.3 is 0 Å². The number of rotatable bonds is 3. The standard InChI is InChI=1S/C18H22F2N2O3/c19-13-2-3-15(20)14(10-13)17(25)22-7-1-5-18(12-22)6-4-16(24)21(11-18)8-9-23/h2-3,10,23H,1,4-9,11-12H2/t18-/m1/s1. The van der Waals surface area contributed by atoms with E-state index in [0.29, 0.717) is 32.5 Å². The van der Waals surface area contributed by atoms with Crippen molar-refractivity contribution in [2.24, 2.45) is 5.41 Å². The van der Waals surface area contributed by atoms with Gasteiger partial charge in [0.05, 0.1) is 12.2 Å². The molecular formula is C18H22F2N2O3. The second-order valence-corrected chi connectivity index (χ2v) is 6.99. The molecule has 1 N–H and O–H groups in total. The first-order valence-corrected chi connectivity index (χ1v) is 8.57. The molecule has 0 radical (unpaired) electrons. The highest BCUT2D eigenvalue weighted by Gasteiger charge is 2.42. The molecule has 136 valence electrons. The number of benzene rings is 1. The van der Waals surface area contributed by atoms with E-state index >= 15 is 0 Å². The summed E-state index contributed by atoms with van der Waals surface area (Å²) < 4.78 is 27.3. The van der Waals surface area contributed by atoms with Gasteiger partial charge in [-0.3, -0.25) is 9.59 Å². The lowest BCUT2D eigenvalue weighted by Gasteiger charge is -2.48. The molecule has 0 aliphatic carbocycles. The largest absolute Gasteiger partial charge is 0.395 e. The van der Waals surface area contributed by atoms with E-state index < -0.39 is 17.5 Å². The quantitative estimate of drug-likeness (QED) is 0.902. The highest BCUT2D eigenvalue weighted by Crippen LogP contribution is 2.39. The van der Waals surface area contributed by atoms with E-state index in [-0.39, 0.29) is 30.0 Å². The van der Waals surface area contributed by atoms with Crippen molar-refractivity contribution in [3.05, 3.63) is 35.4 Å². The fourth-order valence-electron chi connectivity index (χ4n) is 3.97. The second-order valence-electron chi connectivity index (χ2n) is 6.99. The molecule has 0 unspecified atom stereocenters. The first-order valence-electron chi connectivity index (χ1n) is 8.57. The van der Waals surface area contributed by atoms with Gasteiger partial charge in [-0.25, -0.2) is 8.78 Å². The smallest absolute Gasteiger partial charge is 0.256 e. The van der Waals surface area contributed by atoms with E-state index in [9.17, 15) is 18.4 Å². The van der Waals surface area contributed by atoms with Gasteiger partial charge in [-0.1, -0.05) is 0 Å². The number of likely N-dealkylation sites (tertiary alicyclic amines) is 2. The number of hydrogen-bond donors (Lipinski definition) is 1. The Morgan fingerprint density at radius 3 is 2.80 bits per heavy atom. The predicted molar refractivity (Wildman–Crippen MR) is 86.8 cm³/mol. The Morgan fingerprint density at radius 1 is 1.24 bits per heavy atom. The van der Waals surface area contributed by atoms with Gasteiger partial charge in [0.15, 0.2) is 0 Å². The lowest BCUT2D eigenvalue weighted by atomic mass is 9.73. The van der Waals surface area contributed by atoms with Gasteiger partial charge < -0.3 is 14.9 Å². The maximum atomic E-state index is 13.9. The first-order chi connectivity index (χ1) is 11.9. The van der Waals surface area contributed by atoms with Crippen molar-refractivity contribution >= 4 is 11.8 Å². The summed E-state index contributed by atoms with van der Waals surface area (Å²) in [7, 11) is 0.